The second kappa shape index (κ2) is 10.7. The number of aromatic nitrogens is 3. The Morgan fingerprint density at radius 2 is 1.97 bits per heavy atom. The molecule has 0 N–H and O–H groups in total. The third-order valence-corrected chi connectivity index (χ3v) is 5.15. The molecule has 8 nitrogen and oxygen atoms in total. The molecule has 1 fully saturated rings. The first-order valence-electron chi connectivity index (χ1n) is 10.1. The Morgan fingerprint density at radius 1 is 1.24 bits per heavy atom. The van der Waals surface area contributed by atoms with E-state index in [4.69, 9.17) is 9.47 Å². The highest BCUT2D eigenvalue weighted by Crippen LogP contribution is 2.28. The standard InChI is InChI=1S/C22H23F2N5O3.H2S/c1-28(2)15-5-3-14(4-6-15)17-11-18-19(26-8-7-25-18)21(27-17)32-13-16-12-29(9-10-31-16)22(30)20(23)24;/h3-8,11,16,20H,9-10,12-13H2,1-2H3;1H2/t16-;/m0./s1. The molecular formula is C22H25F2N5O3S. The number of halogens is 2. The minimum absolute atomic E-state index is 0. The predicted molar refractivity (Wildman–Crippen MR) is 125 cm³/mol. The number of amides is 1. The van der Waals surface area contributed by atoms with E-state index in [-0.39, 0.29) is 45.7 Å². The van der Waals surface area contributed by atoms with Crippen molar-refractivity contribution in [1.82, 2.24) is 19.9 Å². The lowest BCUT2D eigenvalue weighted by atomic mass is 10.1. The Kier molecular flexibility index (Phi) is 7.98. The third-order valence-electron chi connectivity index (χ3n) is 5.15. The fourth-order valence-corrected chi connectivity index (χ4v) is 3.45. The van der Waals surface area contributed by atoms with Crippen LogP contribution in [0.2, 0.25) is 0 Å². The second-order valence-electron chi connectivity index (χ2n) is 7.57. The summed E-state index contributed by atoms with van der Waals surface area (Å²) in [4.78, 5) is 28.0. The summed E-state index contributed by atoms with van der Waals surface area (Å²) in [6.45, 7) is 0.358. The first kappa shape index (κ1) is 24.6. The zero-order valence-electron chi connectivity index (χ0n) is 18.2. The summed E-state index contributed by atoms with van der Waals surface area (Å²) < 4.78 is 37.0. The lowest BCUT2D eigenvalue weighted by Crippen LogP contribution is -2.49. The molecule has 0 bridgehead atoms. The maximum atomic E-state index is 12.7. The van der Waals surface area contributed by atoms with Crippen LogP contribution in [0.3, 0.4) is 0 Å². The van der Waals surface area contributed by atoms with E-state index in [2.05, 4.69) is 15.0 Å². The van der Waals surface area contributed by atoms with E-state index in [1.54, 1.807) is 12.4 Å². The van der Waals surface area contributed by atoms with Crippen molar-refractivity contribution in [1.29, 1.82) is 0 Å². The van der Waals surface area contributed by atoms with Crippen molar-refractivity contribution in [3.05, 3.63) is 42.7 Å². The Bertz CT molecular complexity index is 1100. The number of hydrogen-bond acceptors (Lipinski definition) is 7. The maximum absolute atomic E-state index is 12.7. The van der Waals surface area contributed by atoms with Gasteiger partial charge in [0.25, 0.3) is 5.91 Å². The minimum Gasteiger partial charge on any atom is -0.473 e. The number of pyridine rings is 1. The molecule has 1 aliphatic heterocycles. The molecule has 11 heteroatoms. The summed E-state index contributed by atoms with van der Waals surface area (Å²) >= 11 is 0. The lowest BCUT2D eigenvalue weighted by molar-refractivity contribution is -0.151. The number of fused-ring (bicyclic) bond motifs is 1. The molecule has 1 aliphatic rings. The van der Waals surface area contributed by atoms with Crippen molar-refractivity contribution in [2.45, 2.75) is 12.5 Å². The number of ether oxygens (including phenoxy) is 2. The van der Waals surface area contributed by atoms with Crippen molar-refractivity contribution in [3.8, 4) is 17.1 Å². The van der Waals surface area contributed by atoms with Crippen LogP contribution < -0.4 is 9.64 Å². The quantitative estimate of drug-likeness (QED) is 0.540. The van der Waals surface area contributed by atoms with Gasteiger partial charge in [-0.2, -0.15) is 22.3 Å². The van der Waals surface area contributed by atoms with Gasteiger partial charge in [0, 0.05) is 44.3 Å². The molecule has 1 atom stereocenters. The van der Waals surface area contributed by atoms with Crippen LogP contribution in [0.1, 0.15) is 0 Å². The maximum Gasteiger partial charge on any atom is 0.315 e. The largest absolute Gasteiger partial charge is 0.473 e. The molecule has 176 valence electrons. The van der Waals surface area contributed by atoms with E-state index in [0.717, 1.165) is 16.2 Å². The summed E-state index contributed by atoms with van der Waals surface area (Å²) in [6, 6.07) is 9.73. The molecule has 1 aromatic carbocycles. The van der Waals surface area contributed by atoms with Crippen LogP contribution in [0.15, 0.2) is 42.7 Å². The van der Waals surface area contributed by atoms with Crippen LogP contribution >= 0.6 is 13.5 Å². The van der Waals surface area contributed by atoms with E-state index in [9.17, 15) is 13.6 Å². The zero-order chi connectivity index (χ0) is 22.7. The number of benzene rings is 1. The van der Waals surface area contributed by atoms with Crippen LogP contribution in [0.4, 0.5) is 14.5 Å². The molecule has 0 aliphatic carbocycles. The Labute approximate surface area is 197 Å². The average Bonchev–Trinajstić information content (AvgIpc) is 2.82. The molecule has 1 saturated heterocycles. The molecule has 33 heavy (non-hydrogen) atoms. The van der Waals surface area contributed by atoms with Crippen molar-refractivity contribution < 1.29 is 23.0 Å². The van der Waals surface area contributed by atoms with Gasteiger partial charge in [0.2, 0.25) is 5.88 Å². The van der Waals surface area contributed by atoms with Gasteiger partial charge in [-0.3, -0.25) is 9.78 Å². The number of nitrogens with zero attached hydrogens (tertiary/aromatic N) is 5. The molecule has 3 heterocycles. The Hall–Kier alpha value is -3.05. The molecule has 0 unspecified atom stereocenters. The van der Waals surface area contributed by atoms with Crippen molar-refractivity contribution in [2.24, 2.45) is 0 Å². The third kappa shape index (κ3) is 5.66. The molecule has 0 radical (unpaired) electrons. The van der Waals surface area contributed by atoms with Crippen LogP contribution in [0, 0.1) is 0 Å². The van der Waals surface area contributed by atoms with Crippen molar-refractivity contribution >= 4 is 36.1 Å². The van der Waals surface area contributed by atoms with E-state index in [1.807, 2.05) is 49.3 Å². The number of anilines is 1. The number of hydrogen-bond donors (Lipinski definition) is 0. The fraction of sp³-hybridized carbons (Fsp3) is 0.364. The number of carbonyl (C=O) groups is 1. The highest BCUT2D eigenvalue weighted by atomic mass is 32.1. The fourth-order valence-electron chi connectivity index (χ4n) is 3.45. The molecular weight excluding hydrogens is 452 g/mol. The van der Waals surface area contributed by atoms with Gasteiger partial charge in [-0.1, -0.05) is 12.1 Å². The molecule has 4 rings (SSSR count). The van der Waals surface area contributed by atoms with E-state index < -0.39 is 18.4 Å². The SMILES string of the molecule is CN(C)c1ccc(-c2cc3nccnc3c(OC[C@@H]3CN(C(=O)C(F)F)CCO3)n2)cc1.S. The summed E-state index contributed by atoms with van der Waals surface area (Å²) in [7, 11) is 3.93. The van der Waals surface area contributed by atoms with Crippen LogP contribution in [0.25, 0.3) is 22.3 Å². The Balaban J connectivity index is 0.00000306. The first-order chi connectivity index (χ1) is 15.4. The number of alkyl halides is 2. The lowest BCUT2D eigenvalue weighted by Gasteiger charge is -2.32. The monoisotopic (exact) mass is 477 g/mol. The molecule has 1 amide bonds. The van der Waals surface area contributed by atoms with E-state index >= 15 is 0 Å². The summed E-state index contributed by atoms with van der Waals surface area (Å²) in [6.07, 6.45) is -0.458. The van der Waals surface area contributed by atoms with Gasteiger partial charge in [0.1, 0.15) is 12.7 Å². The van der Waals surface area contributed by atoms with Gasteiger partial charge >= 0.3 is 6.43 Å². The zero-order valence-corrected chi connectivity index (χ0v) is 19.2. The van der Waals surface area contributed by atoms with Crippen molar-refractivity contribution in [2.75, 3.05) is 45.3 Å². The van der Waals surface area contributed by atoms with Crippen LogP contribution in [0.5, 0.6) is 5.88 Å². The molecule has 0 saturated carbocycles. The number of rotatable bonds is 6. The number of morpholine rings is 1. The minimum atomic E-state index is -3.04. The van der Waals surface area contributed by atoms with Gasteiger partial charge < -0.3 is 19.3 Å². The van der Waals surface area contributed by atoms with E-state index in [1.165, 1.54) is 0 Å². The average molecular weight is 478 g/mol. The van der Waals surface area contributed by atoms with Gasteiger partial charge in [-0.05, 0) is 18.2 Å². The smallest absolute Gasteiger partial charge is 0.315 e. The topological polar surface area (TPSA) is 80.7 Å². The van der Waals surface area contributed by atoms with Gasteiger partial charge in [-0.25, -0.2) is 9.97 Å². The second-order valence-corrected chi connectivity index (χ2v) is 7.57. The van der Waals surface area contributed by atoms with Gasteiger partial charge in [0.15, 0.2) is 5.52 Å². The highest BCUT2D eigenvalue weighted by molar-refractivity contribution is 7.59. The first-order valence-corrected chi connectivity index (χ1v) is 10.1. The van der Waals surface area contributed by atoms with Crippen LogP contribution in [-0.4, -0.2) is 78.7 Å². The summed E-state index contributed by atoms with van der Waals surface area (Å²) in [5.74, 6) is -0.931. The molecule has 3 aromatic rings. The number of carbonyl (C=O) groups excluding carboxylic acids is 1. The predicted octanol–water partition coefficient (Wildman–Crippen LogP) is 2.74. The Morgan fingerprint density at radius 3 is 2.67 bits per heavy atom. The molecule has 0 spiro atoms. The van der Waals surface area contributed by atoms with E-state index in [0.29, 0.717) is 16.7 Å². The summed E-state index contributed by atoms with van der Waals surface area (Å²) in [5, 5.41) is 0. The molecule has 2 aromatic heterocycles. The van der Waals surface area contributed by atoms with Gasteiger partial charge in [-0.15, -0.1) is 0 Å². The summed E-state index contributed by atoms with van der Waals surface area (Å²) in [5.41, 5.74) is 3.71. The highest BCUT2D eigenvalue weighted by Gasteiger charge is 2.29. The normalized spacial score (nSPS) is 15.9. The van der Waals surface area contributed by atoms with Crippen molar-refractivity contribution in [3.63, 3.8) is 0 Å². The van der Waals surface area contributed by atoms with Gasteiger partial charge in [0.05, 0.1) is 24.4 Å². The van der Waals surface area contributed by atoms with Crippen LogP contribution in [-0.2, 0) is 9.53 Å².